The molecular formula is C15H13F2Rb. The summed E-state index contributed by atoms with van der Waals surface area (Å²) in [7, 11) is 0. The van der Waals surface area contributed by atoms with E-state index < -0.39 is 11.6 Å². The van der Waals surface area contributed by atoms with Crippen molar-refractivity contribution in [2.75, 3.05) is 0 Å². The predicted molar refractivity (Wildman–Crippen MR) is 63.8 cm³/mol. The van der Waals surface area contributed by atoms with E-state index in [1.807, 2.05) is 31.2 Å². The van der Waals surface area contributed by atoms with Gasteiger partial charge in [-0.15, -0.1) is 11.6 Å². The average Bonchev–Trinajstić information content (AvgIpc) is 2.33. The molecule has 2 aromatic carbocycles. The summed E-state index contributed by atoms with van der Waals surface area (Å²) in [4.78, 5) is 0. The molecule has 0 N–H and O–H groups in total. The molecule has 0 saturated carbocycles. The van der Waals surface area contributed by atoms with Gasteiger partial charge < -0.3 is 0 Å². The van der Waals surface area contributed by atoms with Crippen molar-refractivity contribution in [1.29, 1.82) is 0 Å². The maximum Gasteiger partial charge on any atom is 1.00 e. The molecule has 0 bridgehead atoms. The Labute approximate surface area is 155 Å². The van der Waals surface area contributed by atoms with Crippen LogP contribution in [0.4, 0.5) is 8.78 Å². The predicted octanol–water partition coefficient (Wildman–Crippen LogP) is 0.863. The molecule has 88 valence electrons. The van der Waals surface area contributed by atoms with E-state index in [0.29, 0.717) is 18.4 Å². The molecule has 0 spiro atoms. The molecule has 0 fully saturated rings. The fourth-order valence-electron chi connectivity index (χ4n) is 1.72. The van der Waals surface area contributed by atoms with Gasteiger partial charge in [0.2, 0.25) is 0 Å². The van der Waals surface area contributed by atoms with Crippen LogP contribution in [0.2, 0.25) is 0 Å². The molecule has 0 aliphatic rings. The van der Waals surface area contributed by atoms with Gasteiger partial charge in [-0.3, -0.25) is 4.39 Å². The number of benzene rings is 2. The first-order valence-electron chi connectivity index (χ1n) is 5.57. The first kappa shape index (κ1) is 16.2. The second-order valence-electron chi connectivity index (χ2n) is 4.12. The van der Waals surface area contributed by atoms with Gasteiger partial charge >= 0.3 is 58.2 Å². The Morgan fingerprint density at radius 1 is 1.00 bits per heavy atom. The average molecular weight is 317 g/mol. The third-order valence-electron chi connectivity index (χ3n) is 2.77. The quantitative estimate of drug-likeness (QED) is 0.737. The van der Waals surface area contributed by atoms with E-state index in [-0.39, 0.29) is 58.2 Å². The van der Waals surface area contributed by atoms with Crippen LogP contribution in [0, 0.1) is 24.6 Å². The maximum atomic E-state index is 13.4. The number of hydrogen-bond donors (Lipinski definition) is 0. The third-order valence-corrected chi connectivity index (χ3v) is 2.77. The Morgan fingerprint density at radius 2 is 1.67 bits per heavy atom. The summed E-state index contributed by atoms with van der Waals surface area (Å²) in [6.45, 7) is 2.02. The topological polar surface area (TPSA) is 0 Å². The van der Waals surface area contributed by atoms with Crippen LogP contribution >= 0.6 is 0 Å². The molecule has 0 aromatic heterocycles. The van der Waals surface area contributed by atoms with E-state index >= 15 is 0 Å². The minimum absolute atomic E-state index is 0. The molecule has 0 aliphatic carbocycles. The zero-order valence-corrected chi connectivity index (χ0v) is 15.6. The second kappa shape index (κ2) is 7.64. The summed E-state index contributed by atoms with van der Waals surface area (Å²) in [5.74, 6) is -1.67. The zero-order valence-electron chi connectivity index (χ0n) is 10.6. The Hall–Kier alpha value is 0.105. The summed E-state index contributed by atoms with van der Waals surface area (Å²) >= 11 is 0. The van der Waals surface area contributed by atoms with Crippen molar-refractivity contribution >= 4 is 0 Å². The van der Waals surface area contributed by atoms with Crippen LogP contribution in [0.5, 0.6) is 0 Å². The van der Waals surface area contributed by atoms with Crippen LogP contribution in [0.15, 0.2) is 36.4 Å². The second-order valence-corrected chi connectivity index (χ2v) is 4.12. The van der Waals surface area contributed by atoms with E-state index in [1.54, 1.807) is 6.07 Å². The van der Waals surface area contributed by atoms with Crippen molar-refractivity contribution in [3.8, 4) is 0 Å². The number of halogens is 2. The van der Waals surface area contributed by atoms with Gasteiger partial charge in [-0.1, -0.05) is 29.8 Å². The largest absolute Gasteiger partial charge is 1.00 e. The van der Waals surface area contributed by atoms with Gasteiger partial charge in [0.1, 0.15) is 0 Å². The van der Waals surface area contributed by atoms with E-state index in [9.17, 15) is 8.78 Å². The molecule has 0 atom stereocenters. The van der Waals surface area contributed by atoms with E-state index in [4.69, 9.17) is 0 Å². The van der Waals surface area contributed by atoms with E-state index in [0.717, 1.165) is 5.56 Å². The molecule has 18 heavy (non-hydrogen) atoms. The molecule has 0 nitrogen and oxygen atoms in total. The van der Waals surface area contributed by atoms with Crippen molar-refractivity contribution in [3.63, 3.8) is 0 Å². The Bertz CT molecular complexity index is 506. The molecule has 0 radical (unpaired) electrons. The summed E-state index contributed by atoms with van der Waals surface area (Å²) in [6, 6.07) is 13.3. The molecule has 0 unspecified atom stereocenters. The Balaban J connectivity index is 0.00000162. The van der Waals surface area contributed by atoms with E-state index in [2.05, 4.69) is 6.07 Å². The SMILES string of the molecule is Cc1ccc(CCc2cc[c-]c(F)c2F)cc1.[Rb+]. The van der Waals surface area contributed by atoms with Gasteiger partial charge in [-0.05, 0) is 25.3 Å². The first-order valence-corrected chi connectivity index (χ1v) is 5.57. The smallest absolute Gasteiger partial charge is 0.281 e. The monoisotopic (exact) mass is 316 g/mol. The molecule has 0 saturated heterocycles. The summed E-state index contributed by atoms with van der Waals surface area (Å²) in [5, 5.41) is 0. The van der Waals surface area contributed by atoms with Gasteiger partial charge in [0.15, 0.2) is 0 Å². The minimum Gasteiger partial charge on any atom is -0.281 e. The van der Waals surface area contributed by atoms with E-state index in [1.165, 1.54) is 11.6 Å². The van der Waals surface area contributed by atoms with Crippen molar-refractivity contribution in [3.05, 3.63) is 70.8 Å². The maximum absolute atomic E-state index is 13.4. The van der Waals surface area contributed by atoms with Crippen molar-refractivity contribution < 1.29 is 67.0 Å². The fraction of sp³-hybridized carbons (Fsp3) is 0.200. The van der Waals surface area contributed by atoms with Gasteiger partial charge in [0.05, 0.1) is 0 Å². The van der Waals surface area contributed by atoms with Crippen LogP contribution in [0.25, 0.3) is 0 Å². The van der Waals surface area contributed by atoms with Crippen LogP contribution in [0.1, 0.15) is 16.7 Å². The first-order chi connectivity index (χ1) is 8.16. The normalized spacial score (nSPS) is 9.94. The fourth-order valence-corrected chi connectivity index (χ4v) is 1.72. The minimum atomic E-state index is -0.897. The Morgan fingerprint density at radius 3 is 2.33 bits per heavy atom. The summed E-state index contributed by atoms with van der Waals surface area (Å²) in [6.07, 6.45) is 1.21. The van der Waals surface area contributed by atoms with Crippen LogP contribution in [-0.2, 0) is 12.8 Å². The molecule has 2 aromatic rings. The van der Waals surface area contributed by atoms with Gasteiger partial charge in [0, 0.05) is 11.6 Å². The Kier molecular flexibility index (Phi) is 6.86. The molecular weight excluding hydrogens is 304 g/mol. The molecule has 3 heteroatoms. The van der Waals surface area contributed by atoms with Crippen LogP contribution < -0.4 is 58.2 Å². The van der Waals surface area contributed by atoms with Crippen LogP contribution in [-0.4, -0.2) is 0 Å². The van der Waals surface area contributed by atoms with Crippen molar-refractivity contribution in [1.82, 2.24) is 0 Å². The molecule has 2 rings (SSSR count). The number of rotatable bonds is 3. The molecule has 0 aliphatic heterocycles. The standard InChI is InChI=1S/C15H13F2.Rb/c1-11-5-7-12(8-6-11)9-10-13-3-2-4-14(16)15(13)17;/h2-3,5-8H,9-10H2,1H3;/q-1;+1. The van der Waals surface area contributed by atoms with Crippen molar-refractivity contribution in [2.45, 2.75) is 19.8 Å². The number of hydrogen-bond acceptors (Lipinski definition) is 0. The molecule has 0 heterocycles. The summed E-state index contributed by atoms with van der Waals surface area (Å²) in [5.41, 5.74) is 2.73. The third kappa shape index (κ3) is 4.34. The zero-order chi connectivity index (χ0) is 12.3. The van der Waals surface area contributed by atoms with Crippen LogP contribution in [0.3, 0.4) is 0 Å². The van der Waals surface area contributed by atoms with Gasteiger partial charge in [0.25, 0.3) is 0 Å². The van der Waals surface area contributed by atoms with Gasteiger partial charge in [-0.25, -0.2) is 4.39 Å². The molecule has 0 amide bonds. The summed E-state index contributed by atoms with van der Waals surface area (Å²) < 4.78 is 26.3. The van der Waals surface area contributed by atoms with Gasteiger partial charge in [-0.2, -0.15) is 12.1 Å². The number of aryl methyl sites for hydroxylation is 3. The van der Waals surface area contributed by atoms with Crippen molar-refractivity contribution in [2.24, 2.45) is 0 Å².